The molecule has 0 amide bonds. The topological polar surface area (TPSA) is 47.9 Å². The molecular weight excluding hydrogens is 268 g/mol. The molecule has 0 saturated heterocycles. The highest BCUT2D eigenvalue weighted by atomic mass is 16.7. The lowest BCUT2D eigenvalue weighted by atomic mass is 9.97. The molecule has 0 radical (unpaired) electrons. The third-order valence-corrected chi connectivity index (χ3v) is 3.35. The van der Waals surface area contributed by atoms with E-state index in [0.29, 0.717) is 23.7 Å². The predicted octanol–water partition coefficient (Wildman–Crippen LogP) is 3.52. The Labute approximate surface area is 123 Å². The lowest BCUT2D eigenvalue weighted by Crippen LogP contribution is -2.31. The van der Waals surface area contributed by atoms with Gasteiger partial charge in [-0.15, -0.1) is 0 Å². The molecule has 0 bridgehead atoms. The zero-order valence-corrected chi connectivity index (χ0v) is 12.1. The van der Waals surface area contributed by atoms with Gasteiger partial charge in [-0.1, -0.05) is 24.3 Å². The summed E-state index contributed by atoms with van der Waals surface area (Å²) < 4.78 is 16.9. The van der Waals surface area contributed by atoms with E-state index in [4.69, 9.17) is 14.2 Å². The molecule has 4 nitrogen and oxygen atoms in total. The summed E-state index contributed by atoms with van der Waals surface area (Å²) in [6.45, 7) is 4.18. The van der Waals surface area contributed by atoms with Crippen molar-refractivity contribution in [2.24, 2.45) is 0 Å². The fourth-order valence-electron chi connectivity index (χ4n) is 2.44. The molecule has 0 spiro atoms. The number of ether oxygens (including phenoxy) is 3. The van der Waals surface area contributed by atoms with Gasteiger partial charge < -0.3 is 19.3 Å². The summed E-state index contributed by atoms with van der Waals surface area (Å²) >= 11 is 0. The highest BCUT2D eigenvalue weighted by Crippen LogP contribution is 2.42. The van der Waals surface area contributed by atoms with Gasteiger partial charge in [0, 0.05) is 6.42 Å². The quantitative estimate of drug-likeness (QED) is 0.934. The molecule has 2 aromatic rings. The lowest BCUT2D eigenvalue weighted by Gasteiger charge is -2.27. The van der Waals surface area contributed by atoms with E-state index in [0.717, 1.165) is 5.56 Å². The zero-order valence-electron chi connectivity index (χ0n) is 12.1. The summed E-state index contributed by atoms with van der Waals surface area (Å²) in [6.07, 6.45) is 0.587. The molecule has 1 aliphatic heterocycles. The third kappa shape index (κ3) is 2.89. The second-order valence-electron chi connectivity index (χ2n) is 5.66. The standard InChI is InChI=1S/C17H18O4/c1-17(2,10-12-6-3-4-7-13(12)18)21-15-9-5-8-14-16(15)20-11-19-14/h3-9,18H,10-11H2,1-2H3. The zero-order chi connectivity index (χ0) is 14.9. The van der Waals surface area contributed by atoms with E-state index in [9.17, 15) is 5.11 Å². The Morgan fingerprint density at radius 2 is 1.90 bits per heavy atom. The van der Waals surface area contributed by atoms with Crippen LogP contribution in [0.25, 0.3) is 0 Å². The van der Waals surface area contributed by atoms with E-state index in [2.05, 4.69) is 0 Å². The van der Waals surface area contributed by atoms with Gasteiger partial charge in [0.05, 0.1) is 0 Å². The van der Waals surface area contributed by atoms with E-state index in [1.54, 1.807) is 6.07 Å². The molecule has 0 aromatic heterocycles. The van der Waals surface area contributed by atoms with Gasteiger partial charge in [-0.05, 0) is 37.6 Å². The van der Waals surface area contributed by atoms with Crippen LogP contribution >= 0.6 is 0 Å². The maximum absolute atomic E-state index is 9.89. The van der Waals surface area contributed by atoms with Crippen LogP contribution in [0.4, 0.5) is 0 Å². The smallest absolute Gasteiger partial charge is 0.231 e. The Morgan fingerprint density at radius 3 is 2.71 bits per heavy atom. The molecule has 2 aromatic carbocycles. The number of phenols is 1. The Bertz CT molecular complexity index is 649. The Hall–Kier alpha value is -2.36. The second kappa shape index (κ2) is 5.20. The maximum Gasteiger partial charge on any atom is 0.231 e. The lowest BCUT2D eigenvalue weighted by molar-refractivity contribution is 0.101. The Morgan fingerprint density at radius 1 is 1.10 bits per heavy atom. The van der Waals surface area contributed by atoms with Crippen molar-refractivity contribution in [1.82, 2.24) is 0 Å². The number of aromatic hydroxyl groups is 1. The number of rotatable bonds is 4. The van der Waals surface area contributed by atoms with Crippen molar-refractivity contribution in [3.05, 3.63) is 48.0 Å². The molecule has 4 heteroatoms. The van der Waals surface area contributed by atoms with Gasteiger partial charge in [-0.2, -0.15) is 0 Å². The molecule has 1 N–H and O–H groups in total. The minimum atomic E-state index is -0.486. The van der Waals surface area contributed by atoms with Crippen LogP contribution in [0.3, 0.4) is 0 Å². The van der Waals surface area contributed by atoms with Crippen molar-refractivity contribution in [1.29, 1.82) is 0 Å². The van der Waals surface area contributed by atoms with Crippen LogP contribution in [-0.4, -0.2) is 17.5 Å². The summed E-state index contributed by atoms with van der Waals surface area (Å²) in [4.78, 5) is 0. The van der Waals surface area contributed by atoms with E-state index in [-0.39, 0.29) is 12.5 Å². The molecule has 110 valence electrons. The summed E-state index contributed by atoms with van der Waals surface area (Å²) in [5, 5.41) is 9.89. The number of hydrogen-bond acceptors (Lipinski definition) is 4. The van der Waals surface area contributed by atoms with Crippen molar-refractivity contribution in [2.75, 3.05) is 6.79 Å². The second-order valence-corrected chi connectivity index (χ2v) is 5.66. The van der Waals surface area contributed by atoms with Gasteiger partial charge in [-0.3, -0.25) is 0 Å². The third-order valence-electron chi connectivity index (χ3n) is 3.35. The fraction of sp³-hybridized carbons (Fsp3) is 0.294. The Kier molecular flexibility index (Phi) is 3.37. The fourth-order valence-corrected chi connectivity index (χ4v) is 2.44. The average molecular weight is 286 g/mol. The van der Waals surface area contributed by atoms with Gasteiger partial charge in [0.2, 0.25) is 12.5 Å². The van der Waals surface area contributed by atoms with Crippen molar-refractivity contribution in [3.63, 3.8) is 0 Å². The summed E-state index contributed by atoms with van der Waals surface area (Å²) in [5.41, 5.74) is 0.368. The van der Waals surface area contributed by atoms with Crippen molar-refractivity contribution < 1.29 is 19.3 Å². The molecule has 0 unspecified atom stereocenters. The molecule has 1 aliphatic rings. The molecule has 3 rings (SSSR count). The van der Waals surface area contributed by atoms with Crippen LogP contribution in [0.5, 0.6) is 23.0 Å². The van der Waals surface area contributed by atoms with Gasteiger partial charge >= 0.3 is 0 Å². The minimum Gasteiger partial charge on any atom is -0.508 e. The monoisotopic (exact) mass is 286 g/mol. The van der Waals surface area contributed by atoms with E-state index < -0.39 is 5.60 Å². The van der Waals surface area contributed by atoms with Gasteiger partial charge in [0.15, 0.2) is 11.5 Å². The molecular formula is C17H18O4. The highest BCUT2D eigenvalue weighted by Gasteiger charge is 2.26. The van der Waals surface area contributed by atoms with Crippen LogP contribution in [0, 0.1) is 0 Å². The van der Waals surface area contributed by atoms with Crippen LogP contribution in [-0.2, 0) is 6.42 Å². The van der Waals surface area contributed by atoms with Crippen LogP contribution < -0.4 is 14.2 Å². The first-order valence-corrected chi connectivity index (χ1v) is 6.90. The number of phenolic OH excluding ortho intramolecular Hbond substituents is 1. The van der Waals surface area contributed by atoms with Crippen molar-refractivity contribution in [3.8, 4) is 23.0 Å². The molecule has 21 heavy (non-hydrogen) atoms. The number of fused-ring (bicyclic) bond motifs is 1. The molecule has 0 saturated carbocycles. The van der Waals surface area contributed by atoms with Crippen LogP contribution in [0.15, 0.2) is 42.5 Å². The molecule has 0 fully saturated rings. The first-order chi connectivity index (χ1) is 10.1. The molecule has 0 aliphatic carbocycles. The largest absolute Gasteiger partial charge is 0.508 e. The SMILES string of the molecule is CC(C)(Cc1ccccc1O)Oc1cccc2c1OCO2. The predicted molar refractivity (Wildman–Crippen MR) is 79.1 cm³/mol. The minimum absolute atomic E-state index is 0.218. The number of para-hydroxylation sites is 2. The maximum atomic E-state index is 9.89. The first-order valence-electron chi connectivity index (χ1n) is 6.90. The van der Waals surface area contributed by atoms with Crippen molar-refractivity contribution >= 4 is 0 Å². The highest BCUT2D eigenvalue weighted by molar-refractivity contribution is 5.52. The summed E-state index contributed by atoms with van der Waals surface area (Å²) in [6, 6.07) is 12.9. The summed E-state index contributed by atoms with van der Waals surface area (Å²) in [5.74, 6) is 2.28. The first kappa shape index (κ1) is 13.6. The van der Waals surface area contributed by atoms with Gasteiger partial charge in [0.25, 0.3) is 0 Å². The average Bonchev–Trinajstić information content (AvgIpc) is 2.90. The molecule has 0 atom stereocenters. The number of hydrogen-bond donors (Lipinski definition) is 1. The van der Waals surface area contributed by atoms with E-state index in [1.165, 1.54) is 0 Å². The van der Waals surface area contributed by atoms with Gasteiger partial charge in [0.1, 0.15) is 11.4 Å². The van der Waals surface area contributed by atoms with Crippen LogP contribution in [0.1, 0.15) is 19.4 Å². The Balaban J connectivity index is 1.81. The molecule has 1 heterocycles. The number of benzene rings is 2. The van der Waals surface area contributed by atoms with E-state index >= 15 is 0 Å². The van der Waals surface area contributed by atoms with Crippen molar-refractivity contribution in [2.45, 2.75) is 25.9 Å². The van der Waals surface area contributed by atoms with Gasteiger partial charge in [-0.25, -0.2) is 0 Å². The van der Waals surface area contributed by atoms with Crippen LogP contribution in [0.2, 0.25) is 0 Å². The normalized spacial score (nSPS) is 13.2. The van der Waals surface area contributed by atoms with E-state index in [1.807, 2.05) is 50.2 Å². The summed E-state index contributed by atoms with van der Waals surface area (Å²) in [7, 11) is 0.